The summed E-state index contributed by atoms with van der Waals surface area (Å²) in [4.78, 5) is 25.1. The first-order valence-electron chi connectivity index (χ1n) is 8.49. The molecule has 0 N–H and O–H groups in total. The van der Waals surface area contributed by atoms with Crippen molar-refractivity contribution in [2.45, 2.75) is 53.5 Å². The van der Waals surface area contributed by atoms with E-state index in [-0.39, 0.29) is 28.6 Å². The molecule has 136 valence electrons. The van der Waals surface area contributed by atoms with E-state index in [0.29, 0.717) is 5.39 Å². The van der Waals surface area contributed by atoms with Crippen molar-refractivity contribution in [3.8, 4) is 0 Å². The first kappa shape index (κ1) is 19.9. The van der Waals surface area contributed by atoms with Crippen molar-refractivity contribution in [3.63, 3.8) is 0 Å². The monoisotopic (exact) mass is 455 g/mol. The molecule has 0 aliphatic carbocycles. The van der Waals surface area contributed by atoms with Gasteiger partial charge in [0.2, 0.25) is 5.43 Å². The summed E-state index contributed by atoms with van der Waals surface area (Å²) in [5.74, 6) is -0.562. The van der Waals surface area contributed by atoms with E-state index in [2.05, 4.69) is 61.8 Å². The number of rotatable bonds is 4. The zero-order valence-corrected chi connectivity index (χ0v) is 17.9. The third-order valence-electron chi connectivity index (χ3n) is 4.08. The number of nitrogens with zero attached hydrogens (tertiary/aromatic N) is 1. The highest BCUT2D eigenvalue weighted by molar-refractivity contribution is 14.1. The molecule has 2 aromatic rings. The van der Waals surface area contributed by atoms with E-state index in [4.69, 9.17) is 4.74 Å². The topological polar surface area (TPSA) is 48.3 Å². The van der Waals surface area contributed by atoms with Gasteiger partial charge in [-0.1, -0.05) is 20.8 Å². The Morgan fingerprint density at radius 2 is 1.84 bits per heavy atom. The number of pyridine rings is 1. The van der Waals surface area contributed by atoms with Crippen LogP contribution in [0.5, 0.6) is 0 Å². The molecule has 5 heteroatoms. The number of fused-ring (bicyclic) bond motifs is 1. The molecule has 0 unspecified atom stereocenters. The predicted octanol–water partition coefficient (Wildman–Crippen LogP) is 4.95. The fourth-order valence-electron chi connectivity index (χ4n) is 3.54. The highest BCUT2D eigenvalue weighted by Crippen LogP contribution is 2.34. The number of aromatic nitrogens is 1. The minimum atomic E-state index is -0.562. The number of halogens is 1. The smallest absolute Gasteiger partial charge is 0.343 e. The van der Waals surface area contributed by atoms with E-state index in [0.717, 1.165) is 15.5 Å². The Kier molecular flexibility index (Phi) is 5.66. The molecule has 0 spiro atoms. The van der Waals surface area contributed by atoms with E-state index in [1.54, 1.807) is 19.2 Å². The van der Waals surface area contributed by atoms with Crippen LogP contribution >= 0.6 is 22.6 Å². The largest absolute Gasteiger partial charge is 0.462 e. The SMILES string of the molecule is CCOC(=O)c1cn(C(C)(C)CC(C)(C)C)c2cc(I)ccc2c1=O. The molecule has 0 fully saturated rings. The van der Waals surface area contributed by atoms with Crippen molar-refractivity contribution >= 4 is 39.5 Å². The lowest BCUT2D eigenvalue weighted by Crippen LogP contribution is -2.34. The second-order valence-electron chi connectivity index (χ2n) is 8.17. The van der Waals surface area contributed by atoms with E-state index in [9.17, 15) is 9.59 Å². The highest BCUT2D eigenvalue weighted by atomic mass is 127. The van der Waals surface area contributed by atoms with Gasteiger partial charge in [0, 0.05) is 20.7 Å². The van der Waals surface area contributed by atoms with Gasteiger partial charge >= 0.3 is 5.97 Å². The summed E-state index contributed by atoms with van der Waals surface area (Å²) in [6.45, 7) is 12.8. The molecule has 0 aliphatic heterocycles. The minimum absolute atomic E-state index is 0.0949. The Balaban J connectivity index is 2.81. The Morgan fingerprint density at radius 3 is 2.40 bits per heavy atom. The van der Waals surface area contributed by atoms with Crippen LogP contribution in [0.3, 0.4) is 0 Å². The summed E-state index contributed by atoms with van der Waals surface area (Å²) in [6.07, 6.45) is 2.57. The van der Waals surface area contributed by atoms with Crippen molar-refractivity contribution in [3.05, 3.63) is 43.8 Å². The van der Waals surface area contributed by atoms with Crippen molar-refractivity contribution in [1.82, 2.24) is 4.57 Å². The second-order valence-corrected chi connectivity index (χ2v) is 9.42. The predicted molar refractivity (Wildman–Crippen MR) is 110 cm³/mol. The third-order valence-corrected chi connectivity index (χ3v) is 4.75. The summed E-state index contributed by atoms with van der Waals surface area (Å²) in [7, 11) is 0. The maximum absolute atomic E-state index is 12.8. The third kappa shape index (κ3) is 4.43. The Hall–Kier alpha value is -1.37. The normalized spacial score (nSPS) is 12.4. The van der Waals surface area contributed by atoms with Crippen LogP contribution < -0.4 is 5.43 Å². The molecule has 0 aliphatic rings. The molecule has 25 heavy (non-hydrogen) atoms. The number of esters is 1. The fourth-order valence-corrected chi connectivity index (χ4v) is 4.01. The number of carbonyl (C=O) groups is 1. The number of ether oxygens (including phenoxy) is 1. The molecule has 1 aromatic heterocycles. The molecule has 0 radical (unpaired) electrons. The summed E-state index contributed by atoms with van der Waals surface area (Å²) in [5, 5.41) is 0.549. The number of hydrogen-bond acceptors (Lipinski definition) is 3. The molecule has 1 heterocycles. The standard InChI is InChI=1S/C20H26INO3/c1-7-25-18(24)15-11-22(20(5,6)12-19(2,3)4)16-10-13(21)8-9-14(16)17(15)23/h8-11H,7,12H2,1-6H3. The zero-order valence-electron chi connectivity index (χ0n) is 15.8. The maximum Gasteiger partial charge on any atom is 0.343 e. The van der Waals surface area contributed by atoms with Gasteiger partial charge in [-0.25, -0.2) is 4.79 Å². The zero-order chi connectivity index (χ0) is 19.0. The van der Waals surface area contributed by atoms with Crippen LogP contribution in [-0.2, 0) is 10.3 Å². The van der Waals surface area contributed by atoms with Gasteiger partial charge in [-0.3, -0.25) is 4.79 Å². The molecule has 0 amide bonds. The summed E-state index contributed by atoms with van der Waals surface area (Å²) in [6, 6.07) is 5.68. The molecule has 4 nitrogen and oxygen atoms in total. The van der Waals surface area contributed by atoms with Crippen molar-refractivity contribution in [1.29, 1.82) is 0 Å². The van der Waals surface area contributed by atoms with Crippen LogP contribution in [-0.4, -0.2) is 17.1 Å². The van der Waals surface area contributed by atoms with Crippen molar-refractivity contribution in [2.24, 2.45) is 5.41 Å². The molecule has 0 saturated carbocycles. The minimum Gasteiger partial charge on any atom is -0.462 e. The van der Waals surface area contributed by atoms with Crippen LogP contribution in [0.15, 0.2) is 29.2 Å². The maximum atomic E-state index is 12.8. The van der Waals surface area contributed by atoms with Crippen molar-refractivity contribution < 1.29 is 9.53 Å². The fraction of sp³-hybridized carbons (Fsp3) is 0.500. The average Bonchev–Trinajstić information content (AvgIpc) is 2.44. The van der Waals surface area contributed by atoms with E-state index < -0.39 is 5.97 Å². The van der Waals surface area contributed by atoms with Crippen molar-refractivity contribution in [2.75, 3.05) is 6.61 Å². The number of benzene rings is 1. The lowest BCUT2D eigenvalue weighted by Gasteiger charge is -2.36. The molecule has 1 aromatic carbocycles. The Bertz CT molecular complexity index is 860. The summed E-state index contributed by atoms with van der Waals surface area (Å²) in [5.41, 5.74) is 0.505. The quantitative estimate of drug-likeness (QED) is 0.484. The molecule has 0 bridgehead atoms. The highest BCUT2D eigenvalue weighted by Gasteiger charge is 2.29. The lowest BCUT2D eigenvalue weighted by atomic mass is 9.81. The van der Waals surface area contributed by atoms with Crippen LogP contribution in [0.2, 0.25) is 0 Å². The summed E-state index contributed by atoms with van der Waals surface area (Å²) < 4.78 is 8.20. The molecule has 0 saturated heterocycles. The van der Waals surface area contributed by atoms with Gasteiger partial charge in [0.15, 0.2) is 0 Å². The van der Waals surface area contributed by atoms with Gasteiger partial charge < -0.3 is 9.30 Å². The Morgan fingerprint density at radius 1 is 1.20 bits per heavy atom. The van der Waals surface area contributed by atoms with Gasteiger partial charge in [0.05, 0.1) is 12.1 Å². The molecular formula is C20H26INO3. The van der Waals surface area contributed by atoms with Crippen LogP contribution in [0.25, 0.3) is 10.9 Å². The van der Waals surface area contributed by atoms with Gasteiger partial charge in [-0.05, 0) is 73.4 Å². The first-order chi connectivity index (χ1) is 11.5. The van der Waals surface area contributed by atoms with Crippen LogP contribution in [0, 0.1) is 8.99 Å². The van der Waals surface area contributed by atoms with Crippen LogP contribution in [0.1, 0.15) is 58.3 Å². The van der Waals surface area contributed by atoms with Gasteiger partial charge in [0.25, 0.3) is 0 Å². The first-order valence-corrected chi connectivity index (χ1v) is 9.57. The number of carbonyl (C=O) groups excluding carboxylic acids is 1. The average molecular weight is 455 g/mol. The van der Waals surface area contributed by atoms with E-state index in [1.807, 2.05) is 12.1 Å². The Labute approximate surface area is 162 Å². The molecular weight excluding hydrogens is 429 g/mol. The second kappa shape index (κ2) is 7.09. The van der Waals surface area contributed by atoms with E-state index >= 15 is 0 Å². The van der Waals surface area contributed by atoms with Gasteiger partial charge in [-0.15, -0.1) is 0 Å². The number of hydrogen-bond donors (Lipinski definition) is 0. The molecule has 0 atom stereocenters. The van der Waals surface area contributed by atoms with Gasteiger partial charge in [-0.2, -0.15) is 0 Å². The van der Waals surface area contributed by atoms with Gasteiger partial charge in [0.1, 0.15) is 5.56 Å². The van der Waals surface area contributed by atoms with Crippen LogP contribution in [0.4, 0.5) is 0 Å². The van der Waals surface area contributed by atoms with E-state index in [1.165, 1.54) is 0 Å². The lowest BCUT2D eigenvalue weighted by molar-refractivity contribution is 0.0523. The molecule has 2 rings (SSSR count). The summed E-state index contributed by atoms with van der Waals surface area (Å²) >= 11 is 2.24.